The molecule has 0 amide bonds. The Bertz CT molecular complexity index is 567. The van der Waals surface area contributed by atoms with Crippen LogP contribution in [-0.2, 0) is 0 Å². The molecule has 2 unspecified atom stereocenters. The number of rotatable bonds is 3. The van der Waals surface area contributed by atoms with E-state index in [1.54, 1.807) is 6.07 Å². The smallest absolute Gasteiger partial charge is 0.115 e. The molecule has 2 aromatic carbocycles. The highest BCUT2D eigenvalue weighted by Crippen LogP contribution is 2.33. The first-order valence-electron chi connectivity index (χ1n) is 7.32. The van der Waals surface area contributed by atoms with Gasteiger partial charge in [0.25, 0.3) is 0 Å². The van der Waals surface area contributed by atoms with Crippen molar-refractivity contribution in [1.29, 1.82) is 0 Å². The highest BCUT2D eigenvalue weighted by atomic mass is 16.3. The zero-order chi connectivity index (χ0) is 13.9. The number of nitrogens with zero attached hydrogens (tertiary/aromatic N) is 1. The van der Waals surface area contributed by atoms with Gasteiger partial charge in [0.1, 0.15) is 5.75 Å². The maximum Gasteiger partial charge on any atom is 0.115 e. The molecule has 2 nitrogen and oxygen atoms in total. The number of phenols is 1. The molecule has 2 aromatic rings. The van der Waals surface area contributed by atoms with Crippen molar-refractivity contribution < 1.29 is 5.11 Å². The normalized spacial score (nSPS) is 20.9. The van der Waals surface area contributed by atoms with Gasteiger partial charge < -0.3 is 5.11 Å². The van der Waals surface area contributed by atoms with E-state index in [4.69, 9.17) is 0 Å². The lowest BCUT2D eigenvalue weighted by Crippen LogP contribution is -2.24. The number of benzene rings is 2. The van der Waals surface area contributed by atoms with E-state index in [1.807, 2.05) is 12.1 Å². The zero-order valence-corrected chi connectivity index (χ0v) is 11.9. The molecule has 1 fully saturated rings. The lowest BCUT2D eigenvalue weighted by atomic mass is 9.98. The summed E-state index contributed by atoms with van der Waals surface area (Å²) in [5.74, 6) is 0.990. The fourth-order valence-electron chi connectivity index (χ4n) is 3.13. The Morgan fingerprint density at radius 3 is 2.65 bits per heavy atom. The Kier molecular flexibility index (Phi) is 3.75. The van der Waals surface area contributed by atoms with Gasteiger partial charge in [0.2, 0.25) is 0 Å². The second-order valence-corrected chi connectivity index (χ2v) is 5.66. The van der Waals surface area contributed by atoms with E-state index < -0.39 is 0 Å². The number of aromatic hydroxyl groups is 1. The topological polar surface area (TPSA) is 23.5 Å². The third kappa shape index (κ3) is 2.70. The van der Waals surface area contributed by atoms with Crippen LogP contribution in [0.4, 0.5) is 0 Å². The summed E-state index contributed by atoms with van der Waals surface area (Å²) >= 11 is 0. The van der Waals surface area contributed by atoms with Crippen molar-refractivity contribution in [2.24, 2.45) is 0 Å². The van der Waals surface area contributed by atoms with Crippen LogP contribution in [0.5, 0.6) is 5.75 Å². The van der Waals surface area contributed by atoms with Crippen LogP contribution in [0.2, 0.25) is 0 Å². The van der Waals surface area contributed by atoms with Crippen molar-refractivity contribution in [3.05, 3.63) is 65.7 Å². The highest BCUT2D eigenvalue weighted by molar-refractivity contribution is 5.29. The summed E-state index contributed by atoms with van der Waals surface area (Å²) in [4.78, 5) is 2.51. The zero-order valence-electron chi connectivity index (χ0n) is 11.9. The lowest BCUT2D eigenvalue weighted by Gasteiger charge is -2.25. The molecule has 0 aliphatic carbocycles. The average molecular weight is 267 g/mol. The van der Waals surface area contributed by atoms with Crippen LogP contribution in [0, 0.1) is 0 Å². The number of hydrogen-bond acceptors (Lipinski definition) is 2. The van der Waals surface area contributed by atoms with Crippen LogP contribution in [0.15, 0.2) is 54.6 Å². The van der Waals surface area contributed by atoms with Crippen molar-refractivity contribution in [2.75, 3.05) is 13.1 Å². The van der Waals surface area contributed by atoms with Crippen LogP contribution in [0.3, 0.4) is 0 Å². The Morgan fingerprint density at radius 1 is 1.10 bits per heavy atom. The maximum atomic E-state index is 9.62. The van der Waals surface area contributed by atoms with Gasteiger partial charge in [0.05, 0.1) is 0 Å². The van der Waals surface area contributed by atoms with Gasteiger partial charge in [0, 0.05) is 12.6 Å². The van der Waals surface area contributed by atoms with E-state index in [9.17, 15) is 5.11 Å². The lowest BCUT2D eigenvalue weighted by molar-refractivity contribution is 0.259. The summed E-state index contributed by atoms with van der Waals surface area (Å²) in [6, 6.07) is 18.8. The van der Waals surface area contributed by atoms with Crippen molar-refractivity contribution in [3.8, 4) is 5.75 Å². The minimum atomic E-state index is 0.355. The molecule has 0 aromatic heterocycles. The van der Waals surface area contributed by atoms with Gasteiger partial charge in [0.15, 0.2) is 0 Å². The maximum absolute atomic E-state index is 9.62. The van der Waals surface area contributed by atoms with Gasteiger partial charge in [-0.25, -0.2) is 0 Å². The minimum absolute atomic E-state index is 0.355. The summed E-state index contributed by atoms with van der Waals surface area (Å²) in [5.41, 5.74) is 2.64. The van der Waals surface area contributed by atoms with Gasteiger partial charge in [-0.1, -0.05) is 42.5 Å². The molecule has 1 N–H and O–H groups in total. The Hall–Kier alpha value is -1.80. The van der Waals surface area contributed by atoms with Crippen LogP contribution in [0.25, 0.3) is 0 Å². The predicted octanol–water partition coefficient (Wildman–Crippen LogP) is 3.94. The second kappa shape index (κ2) is 5.68. The number of hydrogen-bond donors (Lipinski definition) is 1. The molecule has 20 heavy (non-hydrogen) atoms. The Balaban J connectivity index is 1.71. The fraction of sp³-hybridized carbons (Fsp3) is 0.333. The molecule has 0 radical (unpaired) electrons. The van der Waals surface area contributed by atoms with Crippen molar-refractivity contribution in [3.63, 3.8) is 0 Å². The quantitative estimate of drug-likeness (QED) is 0.910. The molecule has 0 spiro atoms. The molecular weight excluding hydrogens is 246 g/mol. The van der Waals surface area contributed by atoms with E-state index in [2.05, 4.69) is 48.2 Å². The van der Waals surface area contributed by atoms with E-state index in [1.165, 1.54) is 17.5 Å². The minimum Gasteiger partial charge on any atom is -0.508 e. The Labute approximate surface area is 120 Å². The van der Waals surface area contributed by atoms with E-state index in [0.29, 0.717) is 17.7 Å². The first-order valence-corrected chi connectivity index (χ1v) is 7.32. The van der Waals surface area contributed by atoms with Crippen LogP contribution in [0.1, 0.15) is 36.4 Å². The molecular formula is C18H21NO. The van der Waals surface area contributed by atoms with Gasteiger partial charge in [-0.05, 0) is 49.1 Å². The fourth-order valence-corrected chi connectivity index (χ4v) is 3.13. The molecule has 1 heterocycles. The molecule has 3 rings (SSSR count). The summed E-state index contributed by atoms with van der Waals surface area (Å²) in [6.07, 6.45) is 1.22. The molecule has 2 atom stereocenters. The SMILES string of the molecule is CC(c1cccc(O)c1)N1CCC(c2ccccc2)C1. The summed E-state index contributed by atoms with van der Waals surface area (Å²) in [5, 5.41) is 9.62. The third-order valence-corrected chi connectivity index (χ3v) is 4.39. The molecule has 0 bridgehead atoms. The summed E-state index contributed by atoms with van der Waals surface area (Å²) in [7, 11) is 0. The van der Waals surface area contributed by atoms with E-state index >= 15 is 0 Å². The van der Waals surface area contributed by atoms with Crippen molar-refractivity contribution in [2.45, 2.75) is 25.3 Å². The van der Waals surface area contributed by atoms with Crippen LogP contribution >= 0.6 is 0 Å². The highest BCUT2D eigenvalue weighted by Gasteiger charge is 2.27. The van der Waals surface area contributed by atoms with Crippen molar-refractivity contribution >= 4 is 0 Å². The van der Waals surface area contributed by atoms with Crippen molar-refractivity contribution in [1.82, 2.24) is 4.90 Å². The number of phenolic OH excluding ortho intramolecular Hbond substituents is 1. The largest absolute Gasteiger partial charge is 0.508 e. The Morgan fingerprint density at radius 2 is 1.90 bits per heavy atom. The standard InChI is InChI=1S/C18H21NO/c1-14(16-8-5-9-18(20)12-16)19-11-10-17(13-19)15-6-3-2-4-7-15/h2-9,12,14,17,20H,10-11,13H2,1H3. The van der Waals surface area contributed by atoms with Gasteiger partial charge >= 0.3 is 0 Å². The first-order chi connectivity index (χ1) is 9.74. The molecule has 1 aliphatic heterocycles. The predicted molar refractivity (Wildman–Crippen MR) is 81.9 cm³/mol. The van der Waals surface area contributed by atoms with Gasteiger partial charge in [-0.2, -0.15) is 0 Å². The molecule has 1 saturated heterocycles. The monoisotopic (exact) mass is 267 g/mol. The summed E-state index contributed by atoms with van der Waals surface area (Å²) in [6.45, 7) is 4.44. The van der Waals surface area contributed by atoms with Gasteiger partial charge in [-0.3, -0.25) is 4.90 Å². The number of likely N-dealkylation sites (tertiary alicyclic amines) is 1. The average Bonchev–Trinajstić information content (AvgIpc) is 2.97. The summed E-state index contributed by atoms with van der Waals surface area (Å²) < 4.78 is 0. The van der Waals surface area contributed by atoms with Crippen LogP contribution < -0.4 is 0 Å². The second-order valence-electron chi connectivity index (χ2n) is 5.66. The molecule has 1 aliphatic rings. The van der Waals surface area contributed by atoms with Crippen LogP contribution in [-0.4, -0.2) is 23.1 Å². The van der Waals surface area contributed by atoms with Gasteiger partial charge in [-0.15, -0.1) is 0 Å². The first kappa shape index (κ1) is 13.2. The molecule has 2 heteroatoms. The van der Waals surface area contributed by atoms with E-state index in [0.717, 1.165) is 13.1 Å². The molecule has 104 valence electrons. The third-order valence-electron chi connectivity index (χ3n) is 4.39. The van der Waals surface area contributed by atoms with E-state index in [-0.39, 0.29) is 0 Å². The molecule has 0 saturated carbocycles.